The maximum Gasteiger partial charge on any atom is 0.209 e. The summed E-state index contributed by atoms with van der Waals surface area (Å²) < 4.78 is 0. The van der Waals surface area contributed by atoms with E-state index in [9.17, 15) is 4.79 Å². The van der Waals surface area contributed by atoms with Crippen LogP contribution in [0, 0.1) is 0 Å². The normalized spacial score (nSPS) is 18.1. The molecular weight excluding hydrogens is 164 g/mol. The average molecular weight is 186 g/mol. The van der Waals surface area contributed by atoms with E-state index >= 15 is 0 Å². The van der Waals surface area contributed by atoms with Gasteiger partial charge in [0.25, 0.3) is 0 Å². The van der Waals surface area contributed by atoms with Gasteiger partial charge in [-0.2, -0.15) is 0 Å². The molecule has 0 aromatic carbocycles. The van der Waals surface area contributed by atoms with Gasteiger partial charge in [0.2, 0.25) is 6.41 Å². The third-order valence-corrected chi connectivity index (χ3v) is 2.23. The van der Waals surface area contributed by atoms with E-state index in [0.29, 0.717) is 6.04 Å². The predicted molar refractivity (Wildman–Crippen MR) is 55.7 cm³/mol. The molecule has 0 N–H and O–H groups in total. The van der Waals surface area contributed by atoms with Crippen LogP contribution < -0.4 is 0 Å². The van der Waals surface area contributed by atoms with Gasteiger partial charge in [0.05, 0.1) is 0 Å². The maximum atomic E-state index is 10.3. The molecule has 0 unspecified atom stereocenters. The van der Waals surface area contributed by atoms with Crippen LogP contribution in [0.1, 0.15) is 27.7 Å². The number of piperazine rings is 1. The standard InChI is InChI=1S/C8H16N2O.C2H6/c1-8(2)10-5-3-9(7-11)4-6-10;1-2/h7-8H,3-6H2,1-2H3;1-2H3. The second-order valence-corrected chi connectivity index (χ2v) is 3.27. The number of hydrogen-bond donors (Lipinski definition) is 0. The summed E-state index contributed by atoms with van der Waals surface area (Å²) in [6, 6.07) is 0.615. The lowest BCUT2D eigenvalue weighted by molar-refractivity contribution is -0.119. The van der Waals surface area contributed by atoms with Gasteiger partial charge < -0.3 is 4.90 Å². The number of amides is 1. The van der Waals surface area contributed by atoms with Gasteiger partial charge >= 0.3 is 0 Å². The third-order valence-electron chi connectivity index (χ3n) is 2.23. The van der Waals surface area contributed by atoms with E-state index in [1.165, 1.54) is 0 Å². The molecule has 0 aliphatic carbocycles. The Kier molecular flexibility index (Phi) is 6.59. The monoisotopic (exact) mass is 186 g/mol. The lowest BCUT2D eigenvalue weighted by Crippen LogP contribution is -2.48. The van der Waals surface area contributed by atoms with Crippen LogP contribution in [-0.4, -0.2) is 48.4 Å². The number of hydrogen-bond acceptors (Lipinski definition) is 2. The topological polar surface area (TPSA) is 23.6 Å². The summed E-state index contributed by atoms with van der Waals surface area (Å²) in [5, 5.41) is 0. The Morgan fingerprint density at radius 1 is 1.08 bits per heavy atom. The summed E-state index contributed by atoms with van der Waals surface area (Å²) in [5.74, 6) is 0. The molecule has 1 aliphatic rings. The molecule has 1 saturated heterocycles. The minimum atomic E-state index is 0.615. The molecule has 0 radical (unpaired) electrons. The molecule has 0 aromatic heterocycles. The van der Waals surface area contributed by atoms with Crippen LogP contribution in [0.4, 0.5) is 0 Å². The molecule has 1 fully saturated rings. The SMILES string of the molecule is CC.CC(C)N1CCN(C=O)CC1. The van der Waals surface area contributed by atoms with Crippen molar-refractivity contribution in [2.24, 2.45) is 0 Å². The number of carbonyl (C=O) groups is 1. The molecule has 3 nitrogen and oxygen atoms in total. The highest BCUT2D eigenvalue weighted by molar-refractivity contribution is 5.47. The van der Waals surface area contributed by atoms with Crippen molar-refractivity contribution in [1.82, 2.24) is 9.80 Å². The van der Waals surface area contributed by atoms with Crippen molar-refractivity contribution < 1.29 is 4.79 Å². The third kappa shape index (κ3) is 4.27. The number of rotatable bonds is 2. The van der Waals surface area contributed by atoms with E-state index < -0.39 is 0 Å². The molecule has 1 rings (SSSR count). The fraction of sp³-hybridized carbons (Fsp3) is 0.900. The second kappa shape index (κ2) is 6.89. The average Bonchev–Trinajstić information content (AvgIpc) is 2.21. The fourth-order valence-corrected chi connectivity index (χ4v) is 1.36. The Morgan fingerprint density at radius 2 is 1.54 bits per heavy atom. The van der Waals surface area contributed by atoms with E-state index in [1.807, 2.05) is 18.7 Å². The quantitative estimate of drug-likeness (QED) is 0.605. The summed E-state index contributed by atoms with van der Waals surface area (Å²) in [6.45, 7) is 12.2. The summed E-state index contributed by atoms with van der Waals surface area (Å²) in [7, 11) is 0. The first-order valence-electron chi connectivity index (χ1n) is 5.17. The van der Waals surface area contributed by atoms with Gasteiger partial charge in [-0.3, -0.25) is 9.69 Å². The first-order valence-corrected chi connectivity index (χ1v) is 5.17. The Bertz CT molecular complexity index is 129. The van der Waals surface area contributed by atoms with E-state index in [1.54, 1.807) is 0 Å². The zero-order chi connectivity index (χ0) is 10.3. The number of nitrogens with zero attached hydrogens (tertiary/aromatic N) is 2. The van der Waals surface area contributed by atoms with Crippen molar-refractivity contribution in [1.29, 1.82) is 0 Å². The van der Waals surface area contributed by atoms with Crippen LogP contribution >= 0.6 is 0 Å². The van der Waals surface area contributed by atoms with Crippen molar-refractivity contribution in [2.75, 3.05) is 26.2 Å². The van der Waals surface area contributed by atoms with Gasteiger partial charge in [0.15, 0.2) is 0 Å². The number of carbonyl (C=O) groups excluding carboxylic acids is 1. The van der Waals surface area contributed by atoms with Crippen molar-refractivity contribution in [3.63, 3.8) is 0 Å². The van der Waals surface area contributed by atoms with E-state index in [-0.39, 0.29) is 0 Å². The molecule has 1 heterocycles. The summed E-state index contributed by atoms with van der Waals surface area (Å²) >= 11 is 0. The molecule has 0 atom stereocenters. The minimum absolute atomic E-state index is 0.615. The van der Waals surface area contributed by atoms with Crippen LogP contribution in [0.5, 0.6) is 0 Å². The highest BCUT2D eigenvalue weighted by Gasteiger charge is 2.16. The van der Waals surface area contributed by atoms with Gasteiger partial charge in [0.1, 0.15) is 0 Å². The van der Waals surface area contributed by atoms with Crippen LogP contribution in [0.25, 0.3) is 0 Å². The van der Waals surface area contributed by atoms with Crippen LogP contribution in [0.2, 0.25) is 0 Å². The smallest absolute Gasteiger partial charge is 0.209 e. The van der Waals surface area contributed by atoms with Crippen molar-refractivity contribution in [2.45, 2.75) is 33.7 Å². The fourth-order valence-electron chi connectivity index (χ4n) is 1.36. The van der Waals surface area contributed by atoms with E-state index in [2.05, 4.69) is 18.7 Å². The van der Waals surface area contributed by atoms with Gasteiger partial charge in [-0.05, 0) is 13.8 Å². The second-order valence-electron chi connectivity index (χ2n) is 3.27. The summed E-state index contributed by atoms with van der Waals surface area (Å²) in [6.07, 6.45) is 0.942. The molecule has 1 aliphatic heterocycles. The predicted octanol–water partition coefficient (Wildman–Crippen LogP) is 1.20. The van der Waals surface area contributed by atoms with Crippen molar-refractivity contribution in [3.05, 3.63) is 0 Å². The first kappa shape index (κ1) is 12.4. The van der Waals surface area contributed by atoms with Gasteiger partial charge in [-0.25, -0.2) is 0 Å². The molecular formula is C10H22N2O. The highest BCUT2D eigenvalue weighted by Crippen LogP contribution is 2.03. The Balaban J connectivity index is 0.000000671. The largest absolute Gasteiger partial charge is 0.343 e. The molecule has 0 aromatic rings. The van der Waals surface area contributed by atoms with Crippen molar-refractivity contribution >= 4 is 6.41 Å². The first-order chi connectivity index (χ1) is 6.24. The van der Waals surface area contributed by atoms with Crippen LogP contribution in [0.15, 0.2) is 0 Å². The molecule has 0 saturated carbocycles. The maximum absolute atomic E-state index is 10.3. The molecule has 0 bridgehead atoms. The zero-order valence-electron chi connectivity index (χ0n) is 9.29. The molecule has 1 amide bonds. The van der Waals surface area contributed by atoms with Crippen molar-refractivity contribution in [3.8, 4) is 0 Å². The molecule has 13 heavy (non-hydrogen) atoms. The van der Waals surface area contributed by atoms with Gasteiger partial charge in [0, 0.05) is 32.2 Å². The highest BCUT2D eigenvalue weighted by atomic mass is 16.1. The Labute approximate surface area is 81.7 Å². The van der Waals surface area contributed by atoms with Crippen LogP contribution in [0.3, 0.4) is 0 Å². The summed E-state index contributed by atoms with van der Waals surface area (Å²) in [5.41, 5.74) is 0. The molecule has 78 valence electrons. The van der Waals surface area contributed by atoms with E-state index in [4.69, 9.17) is 0 Å². The van der Waals surface area contributed by atoms with Crippen LogP contribution in [-0.2, 0) is 4.79 Å². The Hall–Kier alpha value is -0.570. The zero-order valence-corrected chi connectivity index (χ0v) is 9.29. The molecule has 0 spiro atoms. The summed E-state index contributed by atoms with van der Waals surface area (Å²) in [4.78, 5) is 14.6. The van der Waals surface area contributed by atoms with Gasteiger partial charge in [-0.15, -0.1) is 0 Å². The molecule has 3 heteroatoms. The van der Waals surface area contributed by atoms with E-state index in [0.717, 1.165) is 32.6 Å². The lowest BCUT2D eigenvalue weighted by Gasteiger charge is -2.34. The van der Waals surface area contributed by atoms with Gasteiger partial charge in [-0.1, -0.05) is 13.8 Å². The Morgan fingerprint density at radius 3 is 1.85 bits per heavy atom. The minimum Gasteiger partial charge on any atom is -0.343 e. The lowest BCUT2D eigenvalue weighted by atomic mass is 10.2.